The molecule has 0 atom stereocenters. The lowest BCUT2D eigenvalue weighted by Crippen LogP contribution is -2.36. The molecular formula is C32H32FN5OS. The first-order valence-corrected chi connectivity index (χ1v) is 14.4. The van der Waals surface area contributed by atoms with Crippen LogP contribution in [0.4, 0.5) is 21.6 Å². The maximum atomic E-state index is 14.4. The van der Waals surface area contributed by atoms with Crippen molar-refractivity contribution in [2.45, 2.75) is 18.7 Å². The number of rotatable bonds is 8. The number of aromatic nitrogens is 2. The van der Waals surface area contributed by atoms with E-state index in [1.807, 2.05) is 38.3 Å². The zero-order valence-corrected chi connectivity index (χ0v) is 23.8. The lowest BCUT2D eigenvalue weighted by Gasteiger charge is -2.28. The number of fused-ring (bicyclic) bond motifs is 1. The number of ether oxygens (including phenoxy) is 1. The van der Waals surface area contributed by atoms with Gasteiger partial charge in [0.2, 0.25) is 0 Å². The Labute approximate surface area is 238 Å². The van der Waals surface area contributed by atoms with Gasteiger partial charge in [0.15, 0.2) is 0 Å². The number of halogens is 1. The summed E-state index contributed by atoms with van der Waals surface area (Å²) in [4.78, 5) is 17.3. The number of aliphatic imine (C=N–C) groups is 1. The van der Waals surface area contributed by atoms with E-state index in [1.54, 1.807) is 17.8 Å². The number of allylic oxidation sites excluding steroid dienone is 3. The van der Waals surface area contributed by atoms with Gasteiger partial charge >= 0.3 is 0 Å². The quantitative estimate of drug-likeness (QED) is 0.137. The first kappa shape index (κ1) is 27.6. The van der Waals surface area contributed by atoms with Gasteiger partial charge in [0.1, 0.15) is 11.6 Å². The van der Waals surface area contributed by atoms with E-state index in [0.717, 1.165) is 52.4 Å². The summed E-state index contributed by atoms with van der Waals surface area (Å²) in [6.07, 6.45) is 9.65. The maximum Gasteiger partial charge on any atom is 0.130 e. The molecule has 0 bridgehead atoms. The smallest absolute Gasteiger partial charge is 0.130 e. The van der Waals surface area contributed by atoms with Crippen LogP contribution < -0.4 is 10.2 Å². The topological polar surface area (TPSA) is 62.6 Å². The molecule has 1 N–H and O–H groups in total. The number of nitrogens with one attached hydrogen (secondary N) is 1. The highest BCUT2D eigenvalue weighted by Crippen LogP contribution is 2.38. The van der Waals surface area contributed by atoms with Gasteiger partial charge in [0, 0.05) is 52.8 Å². The monoisotopic (exact) mass is 553 g/mol. The number of hydrogen-bond donors (Lipinski definition) is 1. The summed E-state index contributed by atoms with van der Waals surface area (Å²) >= 11 is 1.71. The van der Waals surface area contributed by atoms with E-state index in [9.17, 15) is 4.39 Å². The van der Waals surface area contributed by atoms with E-state index >= 15 is 0 Å². The normalized spacial score (nSPS) is 14.2. The average Bonchev–Trinajstić information content (AvgIpc) is 2.99. The molecule has 6 nitrogen and oxygen atoms in total. The number of morpholine rings is 1. The number of hydrogen-bond acceptors (Lipinski definition) is 7. The van der Waals surface area contributed by atoms with Gasteiger partial charge in [-0.2, -0.15) is 0 Å². The van der Waals surface area contributed by atoms with Gasteiger partial charge in [-0.05, 0) is 62.7 Å². The van der Waals surface area contributed by atoms with E-state index in [0.29, 0.717) is 30.1 Å². The Bertz CT molecular complexity index is 1590. The molecule has 40 heavy (non-hydrogen) atoms. The van der Waals surface area contributed by atoms with Gasteiger partial charge in [-0.3, -0.25) is 4.99 Å². The molecule has 0 aliphatic carbocycles. The van der Waals surface area contributed by atoms with Crippen LogP contribution in [0, 0.1) is 12.7 Å². The Hall–Kier alpha value is -4.01. The van der Waals surface area contributed by atoms with Crippen LogP contribution in [0.5, 0.6) is 0 Å². The fourth-order valence-electron chi connectivity index (χ4n) is 4.79. The maximum absolute atomic E-state index is 14.4. The zero-order chi connectivity index (χ0) is 28.1. The van der Waals surface area contributed by atoms with Crippen LogP contribution in [0.25, 0.3) is 27.7 Å². The SMILES string of the molecule is C=N/C(=C\C=C/C)c1nc2cc(F)ccc2c(Nc2cc(N3CCOCC3)ncc2-c2ccc(SC)cc2)c1C. The highest BCUT2D eigenvalue weighted by atomic mass is 32.2. The van der Waals surface area contributed by atoms with Gasteiger partial charge in [-0.15, -0.1) is 11.8 Å². The minimum Gasteiger partial charge on any atom is -0.378 e. The Balaban J connectivity index is 1.70. The highest BCUT2D eigenvalue weighted by molar-refractivity contribution is 7.98. The van der Waals surface area contributed by atoms with Gasteiger partial charge in [0.05, 0.1) is 41.5 Å². The molecule has 2 aromatic heterocycles. The standard InChI is InChI=1S/C32H32FN5OS/c1-5-6-7-27(34-3)32-21(2)31(25-13-10-23(33)18-28(25)37-32)36-29-19-30(38-14-16-39-17-15-38)35-20-26(29)22-8-11-24(40-4)12-9-22/h5-13,18-20H,3,14-17H2,1-2,4H3,(H,35,36,37)/b6-5-,27-7-. The first-order valence-electron chi connectivity index (χ1n) is 13.2. The second kappa shape index (κ2) is 12.4. The number of anilines is 3. The summed E-state index contributed by atoms with van der Waals surface area (Å²) in [6, 6.07) is 15.2. The molecule has 3 heterocycles. The van der Waals surface area contributed by atoms with Gasteiger partial charge in [0.25, 0.3) is 0 Å². The summed E-state index contributed by atoms with van der Waals surface area (Å²) < 4.78 is 19.9. The Morgan fingerprint density at radius 2 is 1.93 bits per heavy atom. The Kier molecular flexibility index (Phi) is 8.57. The van der Waals surface area contributed by atoms with Crippen molar-refractivity contribution < 1.29 is 9.13 Å². The third kappa shape index (κ3) is 5.78. The van der Waals surface area contributed by atoms with Crippen molar-refractivity contribution >= 4 is 52.3 Å². The fraction of sp³-hybridized carbons (Fsp3) is 0.219. The van der Waals surface area contributed by atoms with E-state index in [1.165, 1.54) is 17.0 Å². The largest absolute Gasteiger partial charge is 0.378 e. The van der Waals surface area contributed by atoms with Crippen molar-refractivity contribution in [3.8, 4) is 11.1 Å². The van der Waals surface area contributed by atoms with E-state index in [-0.39, 0.29) is 5.82 Å². The van der Waals surface area contributed by atoms with E-state index in [4.69, 9.17) is 14.7 Å². The third-order valence-electron chi connectivity index (χ3n) is 6.94. The van der Waals surface area contributed by atoms with Gasteiger partial charge < -0.3 is 15.0 Å². The van der Waals surface area contributed by atoms with Crippen molar-refractivity contribution in [1.82, 2.24) is 9.97 Å². The van der Waals surface area contributed by atoms with E-state index in [2.05, 4.69) is 58.5 Å². The van der Waals surface area contributed by atoms with Crippen LogP contribution in [-0.2, 0) is 4.74 Å². The molecule has 1 aliphatic rings. The number of pyridine rings is 2. The van der Waals surface area contributed by atoms with Gasteiger partial charge in [-0.1, -0.05) is 24.3 Å². The van der Waals surface area contributed by atoms with Crippen molar-refractivity contribution in [3.05, 3.63) is 90.0 Å². The molecule has 1 fully saturated rings. The summed E-state index contributed by atoms with van der Waals surface area (Å²) in [5.41, 5.74) is 6.40. The zero-order valence-electron chi connectivity index (χ0n) is 22.9. The van der Waals surface area contributed by atoms with Crippen LogP contribution in [-0.4, -0.2) is 49.2 Å². The minimum atomic E-state index is -0.348. The fourth-order valence-corrected chi connectivity index (χ4v) is 5.19. The molecule has 0 amide bonds. The summed E-state index contributed by atoms with van der Waals surface area (Å²) in [5.74, 6) is 0.526. The Morgan fingerprint density at radius 1 is 1.15 bits per heavy atom. The second-order valence-corrected chi connectivity index (χ2v) is 10.3. The van der Waals surface area contributed by atoms with Crippen LogP contribution in [0.2, 0.25) is 0 Å². The molecule has 2 aromatic carbocycles. The molecule has 0 saturated carbocycles. The molecule has 4 aromatic rings. The van der Waals surface area contributed by atoms with Crippen molar-refractivity contribution in [1.29, 1.82) is 0 Å². The average molecular weight is 554 g/mol. The summed E-state index contributed by atoms with van der Waals surface area (Å²) in [6.45, 7) is 10.6. The number of thioether (sulfide) groups is 1. The number of nitrogens with zero attached hydrogens (tertiary/aromatic N) is 4. The summed E-state index contributed by atoms with van der Waals surface area (Å²) in [5, 5.41) is 4.52. The summed E-state index contributed by atoms with van der Waals surface area (Å²) in [7, 11) is 0. The molecule has 0 spiro atoms. The first-order chi connectivity index (χ1) is 19.5. The van der Waals surface area contributed by atoms with Crippen LogP contribution in [0.15, 0.2) is 82.8 Å². The molecule has 1 aliphatic heterocycles. The highest BCUT2D eigenvalue weighted by Gasteiger charge is 2.19. The molecule has 1 saturated heterocycles. The van der Waals surface area contributed by atoms with Crippen molar-refractivity contribution in [3.63, 3.8) is 0 Å². The van der Waals surface area contributed by atoms with Crippen LogP contribution >= 0.6 is 11.8 Å². The van der Waals surface area contributed by atoms with Gasteiger partial charge in [-0.25, -0.2) is 14.4 Å². The van der Waals surface area contributed by atoms with Crippen LogP contribution in [0.1, 0.15) is 18.2 Å². The van der Waals surface area contributed by atoms with Crippen LogP contribution in [0.3, 0.4) is 0 Å². The molecule has 0 radical (unpaired) electrons. The molecule has 5 rings (SSSR count). The molecule has 0 unspecified atom stereocenters. The lowest BCUT2D eigenvalue weighted by molar-refractivity contribution is 0.122. The Morgan fingerprint density at radius 3 is 2.62 bits per heavy atom. The molecular weight excluding hydrogens is 521 g/mol. The predicted molar refractivity (Wildman–Crippen MR) is 167 cm³/mol. The second-order valence-electron chi connectivity index (χ2n) is 9.40. The lowest BCUT2D eigenvalue weighted by atomic mass is 10.0. The predicted octanol–water partition coefficient (Wildman–Crippen LogP) is 7.66. The van der Waals surface area contributed by atoms with Crippen molar-refractivity contribution in [2.75, 3.05) is 42.8 Å². The minimum absolute atomic E-state index is 0.348. The molecule has 8 heteroatoms. The molecule has 204 valence electrons. The van der Waals surface area contributed by atoms with E-state index < -0.39 is 0 Å². The third-order valence-corrected chi connectivity index (χ3v) is 7.68. The number of benzene rings is 2. The van der Waals surface area contributed by atoms with Crippen molar-refractivity contribution in [2.24, 2.45) is 4.99 Å².